The number of rotatable bonds is 2. The third kappa shape index (κ3) is 2.44. The van der Waals surface area contributed by atoms with Crippen molar-refractivity contribution in [2.45, 2.75) is 52.1 Å². The van der Waals surface area contributed by atoms with Crippen molar-refractivity contribution in [3.63, 3.8) is 0 Å². The molecule has 3 rings (SSSR count). The number of carbonyl (C=O) groups is 2. The van der Waals surface area contributed by atoms with Crippen molar-refractivity contribution in [1.82, 2.24) is 0 Å². The molecule has 1 aromatic rings. The number of methoxy groups -OCH3 is 1. The molecule has 2 aliphatic rings. The zero-order valence-electron chi connectivity index (χ0n) is 14.1. The van der Waals surface area contributed by atoms with Gasteiger partial charge in [0, 0.05) is 0 Å². The lowest BCUT2D eigenvalue weighted by Gasteiger charge is -2.49. The van der Waals surface area contributed by atoms with Crippen LogP contribution in [-0.4, -0.2) is 18.9 Å². The molecule has 4 heteroatoms. The molecule has 0 aromatic heterocycles. The minimum absolute atomic E-state index is 0.0433. The van der Waals surface area contributed by atoms with Gasteiger partial charge in [-0.1, -0.05) is 31.4 Å². The van der Waals surface area contributed by atoms with Gasteiger partial charge in [-0.2, -0.15) is 0 Å². The Labute approximate surface area is 137 Å². The van der Waals surface area contributed by atoms with Crippen molar-refractivity contribution < 1.29 is 19.1 Å². The third-order valence-corrected chi connectivity index (χ3v) is 5.42. The van der Waals surface area contributed by atoms with Crippen LogP contribution in [0.3, 0.4) is 0 Å². The van der Waals surface area contributed by atoms with Gasteiger partial charge in [-0.25, -0.2) is 0 Å². The first kappa shape index (κ1) is 16.0. The van der Waals surface area contributed by atoms with Crippen LogP contribution < -0.4 is 4.74 Å². The zero-order valence-corrected chi connectivity index (χ0v) is 14.1. The molecule has 2 fully saturated rings. The Bertz CT molecular complexity index is 609. The summed E-state index contributed by atoms with van der Waals surface area (Å²) in [6.07, 6.45) is 4.25. The Hall–Kier alpha value is -1.84. The van der Waals surface area contributed by atoms with E-state index >= 15 is 0 Å². The van der Waals surface area contributed by atoms with Crippen LogP contribution in [0.5, 0.6) is 5.75 Å². The summed E-state index contributed by atoms with van der Waals surface area (Å²) >= 11 is 0. The van der Waals surface area contributed by atoms with Crippen LogP contribution >= 0.6 is 0 Å². The second-order valence-corrected chi connectivity index (χ2v) is 7.23. The molecule has 4 nitrogen and oxygen atoms in total. The molecule has 1 heterocycles. The summed E-state index contributed by atoms with van der Waals surface area (Å²) in [5.74, 6) is 0.376. The van der Waals surface area contributed by atoms with Crippen molar-refractivity contribution in [3.8, 4) is 5.75 Å². The summed E-state index contributed by atoms with van der Waals surface area (Å²) in [7, 11) is 1.62. The molecule has 1 atom stereocenters. The molecular formula is C19H24O4. The monoisotopic (exact) mass is 316 g/mol. The van der Waals surface area contributed by atoms with Crippen LogP contribution in [0.4, 0.5) is 0 Å². The Morgan fingerprint density at radius 1 is 1.04 bits per heavy atom. The fourth-order valence-corrected chi connectivity index (χ4v) is 4.04. The highest BCUT2D eigenvalue weighted by atomic mass is 16.5. The van der Waals surface area contributed by atoms with E-state index in [0.717, 1.165) is 43.4 Å². The molecule has 0 bridgehead atoms. The van der Waals surface area contributed by atoms with Crippen molar-refractivity contribution in [2.24, 2.45) is 10.8 Å². The first-order valence-electron chi connectivity index (χ1n) is 8.32. The molecule has 1 unspecified atom stereocenters. The number of ether oxygens (including phenoxy) is 2. The molecule has 0 amide bonds. The van der Waals surface area contributed by atoms with Crippen molar-refractivity contribution in [1.29, 1.82) is 0 Å². The van der Waals surface area contributed by atoms with Crippen LogP contribution in [0.2, 0.25) is 0 Å². The van der Waals surface area contributed by atoms with E-state index in [1.165, 1.54) is 0 Å². The van der Waals surface area contributed by atoms with Gasteiger partial charge in [0.2, 0.25) is 0 Å². The van der Waals surface area contributed by atoms with Gasteiger partial charge in [0.1, 0.15) is 17.3 Å². The summed E-state index contributed by atoms with van der Waals surface area (Å²) in [4.78, 5) is 25.6. The standard InChI is InChI=1S/C19H24O4/c1-18(2)16(20)19(11-5-4-6-12-19)15(23-17(18)21)13-7-9-14(22-3)10-8-13/h7-10,15H,4-6,11-12H2,1-3H3. The number of cyclic esters (lactones) is 1. The predicted octanol–water partition coefficient (Wildman–Crippen LogP) is 3.84. The quantitative estimate of drug-likeness (QED) is 0.614. The van der Waals surface area contributed by atoms with Crippen LogP contribution in [0.15, 0.2) is 24.3 Å². The van der Waals surface area contributed by atoms with E-state index in [1.54, 1.807) is 21.0 Å². The van der Waals surface area contributed by atoms with Crippen LogP contribution in [0.1, 0.15) is 57.6 Å². The first-order chi connectivity index (χ1) is 10.9. The fourth-order valence-electron chi connectivity index (χ4n) is 4.04. The summed E-state index contributed by atoms with van der Waals surface area (Å²) in [5, 5.41) is 0. The van der Waals surface area contributed by atoms with Gasteiger partial charge in [0.05, 0.1) is 12.5 Å². The minimum Gasteiger partial charge on any atom is -0.497 e. The van der Waals surface area contributed by atoms with E-state index in [4.69, 9.17) is 9.47 Å². The number of hydrogen-bond donors (Lipinski definition) is 0. The Balaban J connectivity index is 2.04. The molecule has 1 aromatic carbocycles. The number of ketones is 1. The predicted molar refractivity (Wildman–Crippen MR) is 86.1 cm³/mol. The van der Waals surface area contributed by atoms with Crippen molar-refractivity contribution in [3.05, 3.63) is 29.8 Å². The van der Waals surface area contributed by atoms with Crippen molar-refractivity contribution in [2.75, 3.05) is 7.11 Å². The molecular weight excluding hydrogens is 292 g/mol. The molecule has 1 saturated heterocycles. The van der Waals surface area contributed by atoms with Crippen LogP contribution in [-0.2, 0) is 14.3 Å². The van der Waals surface area contributed by atoms with Crippen molar-refractivity contribution >= 4 is 11.8 Å². The van der Waals surface area contributed by atoms with Gasteiger partial charge < -0.3 is 9.47 Å². The lowest BCUT2D eigenvalue weighted by molar-refractivity contribution is -0.192. The first-order valence-corrected chi connectivity index (χ1v) is 8.32. The Morgan fingerprint density at radius 2 is 1.65 bits per heavy atom. The number of Topliss-reactive ketones (excluding diaryl/α,β-unsaturated/α-hetero) is 1. The number of esters is 1. The van der Waals surface area contributed by atoms with Gasteiger partial charge in [0.25, 0.3) is 0 Å². The maximum atomic E-state index is 13.2. The Morgan fingerprint density at radius 3 is 2.22 bits per heavy atom. The molecule has 1 saturated carbocycles. The number of carbonyl (C=O) groups excluding carboxylic acids is 2. The Kier molecular flexibility index (Phi) is 3.95. The SMILES string of the molecule is COc1ccc(C2OC(=O)C(C)(C)C(=O)C23CCCCC3)cc1. The molecule has 124 valence electrons. The van der Waals surface area contributed by atoms with Gasteiger partial charge in [-0.05, 0) is 44.4 Å². The fraction of sp³-hybridized carbons (Fsp3) is 0.579. The lowest BCUT2D eigenvalue weighted by Crippen LogP contribution is -2.55. The maximum absolute atomic E-state index is 13.2. The van der Waals surface area contributed by atoms with Gasteiger partial charge >= 0.3 is 5.97 Å². The topological polar surface area (TPSA) is 52.6 Å². The second-order valence-electron chi connectivity index (χ2n) is 7.23. The molecule has 1 aliphatic carbocycles. The van der Waals surface area contributed by atoms with Gasteiger partial charge in [-0.3, -0.25) is 9.59 Å². The van der Waals surface area contributed by atoms with Crippen LogP contribution in [0, 0.1) is 10.8 Å². The highest BCUT2D eigenvalue weighted by molar-refractivity contribution is 6.08. The zero-order chi connectivity index (χ0) is 16.7. The molecule has 23 heavy (non-hydrogen) atoms. The average molecular weight is 316 g/mol. The van der Waals surface area contributed by atoms with E-state index in [1.807, 2.05) is 24.3 Å². The molecule has 1 aliphatic heterocycles. The van der Waals surface area contributed by atoms with E-state index in [-0.39, 0.29) is 5.78 Å². The number of benzene rings is 1. The average Bonchev–Trinajstić information content (AvgIpc) is 2.58. The van der Waals surface area contributed by atoms with E-state index in [9.17, 15) is 9.59 Å². The molecule has 1 spiro atoms. The third-order valence-electron chi connectivity index (χ3n) is 5.42. The smallest absolute Gasteiger partial charge is 0.319 e. The van der Waals surface area contributed by atoms with Crippen LogP contribution in [0.25, 0.3) is 0 Å². The molecule has 0 N–H and O–H groups in total. The maximum Gasteiger partial charge on any atom is 0.319 e. The summed E-state index contributed by atoms with van der Waals surface area (Å²) in [6, 6.07) is 7.51. The normalized spacial score (nSPS) is 26.0. The largest absolute Gasteiger partial charge is 0.497 e. The lowest BCUT2D eigenvalue weighted by atomic mass is 9.59. The van der Waals surface area contributed by atoms with Gasteiger partial charge in [-0.15, -0.1) is 0 Å². The van der Waals surface area contributed by atoms with E-state index in [2.05, 4.69) is 0 Å². The van der Waals surface area contributed by atoms with Gasteiger partial charge in [0.15, 0.2) is 5.78 Å². The highest BCUT2D eigenvalue weighted by Gasteiger charge is 2.60. The molecule has 0 radical (unpaired) electrons. The summed E-state index contributed by atoms with van der Waals surface area (Å²) in [6.45, 7) is 3.39. The second kappa shape index (κ2) is 5.66. The highest BCUT2D eigenvalue weighted by Crippen LogP contribution is 2.55. The van der Waals surface area contributed by atoms with E-state index < -0.39 is 22.9 Å². The van der Waals surface area contributed by atoms with E-state index in [0.29, 0.717) is 0 Å². The summed E-state index contributed by atoms with van der Waals surface area (Å²) in [5.41, 5.74) is -0.755. The summed E-state index contributed by atoms with van der Waals surface area (Å²) < 4.78 is 11.0. The minimum atomic E-state index is -1.06. The number of hydrogen-bond acceptors (Lipinski definition) is 4.